The van der Waals surface area contributed by atoms with Gasteiger partial charge in [-0.05, 0) is 6.07 Å². The molecule has 0 saturated carbocycles. The monoisotopic (exact) mass is 392 g/mol. The van der Waals surface area contributed by atoms with Gasteiger partial charge in [-0.25, -0.2) is 13.0 Å². The van der Waals surface area contributed by atoms with Crippen molar-refractivity contribution in [2.75, 3.05) is 0 Å². The summed E-state index contributed by atoms with van der Waals surface area (Å²) in [5, 5.41) is 0.905. The second kappa shape index (κ2) is 5.56. The molecule has 2 aromatic rings. The van der Waals surface area contributed by atoms with Gasteiger partial charge >= 0.3 is 6.07 Å². The minimum atomic E-state index is -4.20. The molecule has 0 bridgehead atoms. The van der Waals surface area contributed by atoms with Gasteiger partial charge in [-0.15, -0.1) is 0 Å². The highest BCUT2D eigenvalue weighted by atomic mass is 35.9. The summed E-state index contributed by atoms with van der Waals surface area (Å²) in [6.45, 7) is 0. The van der Waals surface area contributed by atoms with Gasteiger partial charge in [0.1, 0.15) is 4.90 Å². The fourth-order valence-corrected chi connectivity index (χ4v) is 3.86. The molecule has 0 aliphatic carbocycles. The van der Waals surface area contributed by atoms with Crippen molar-refractivity contribution in [1.82, 2.24) is 0 Å². The van der Waals surface area contributed by atoms with Gasteiger partial charge in [-0.1, -0.05) is 35.9 Å². The van der Waals surface area contributed by atoms with Crippen LogP contribution in [0.1, 0.15) is 0 Å². The summed E-state index contributed by atoms with van der Waals surface area (Å²) in [6, 6.07) is 7.54. The fourth-order valence-electron chi connectivity index (χ4n) is 1.66. The van der Waals surface area contributed by atoms with E-state index in [1.807, 2.05) is 0 Å². The Kier molecular flexibility index (Phi) is 4.51. The van der Waals surface area contributed by atoms with Crippen molar-refractivity contribution in [3.05, 3.63) is 35.4 Å². The van der Waals surface area contributed by atoms with Crippen molar-refractivity contribution >= 4 is 70.7 Å². The molecule has 0 saturated heterocycles. The zero-order valence-electron chi connectivity index (χ0n) is 9.39. The van der Waals surface area contributed by atoms with Crippen LogP contribution in [0.3, 0.4) is 0 Å². The highest BCUT2D eigenvalue weighted by molar-refractivity contribution is 8.14. The minimum absolute atomic E-state index is 0.145. The maximum atomic E-state index is 11.6. The van der Waals surface area contributed by atoms with E-state index in [9.17, 15) is 13.0 Å². The van der Waals surface area contributed by atoms with Gasteiger partial charge in [-0.2, -0.15) is 0 Å². The lowest BCUT2D eigenvalue weighted by molar-refractivity contribution is 0.508. The van der Waals surface area contributed by atoms with E-state index < -0.39 is 20.0 Å². The summed E-state index contributed by atoms with van der Waals surface area (Å²) in [5.41, 5.74) is 0. The Balaban J connectivity index is 2.92. The summed E-state index contributed by atoms with van der Waals surface area (Å²) in [5.74, 6) is -0.298. The van der Waals surface area contributed by atoms with Gasteiger partial charge in [-0.3, -0.25) is 0 Å². The van der Waals surface area contributed by atoms with Crippen LogP contribution in [0.15, 0.2) is 35.2 Å². The van der Waals surface area contributed by atoms with Crippen LogP contribution < -0.4 is 4.52 Å². The van der Waals surface area contributed by atoms with Crippen LogP contribution >= 0.6 is 50.8 Å². The number of halogens is 4. The Morgan fingerprint density at radius 2 is 1.65 bits per heavy atom. The van der Waals surface area contributed by atoms with Gasteiger partial charge in [0.25, 0.3) is 9.05 Å². The molecule has 10 heteroatoms. The van der Waals surface area contributed by atoms with E-state index in [-0.39, 0.29) is 16.2 Å². The number of hydrogen-bond donors (Lipinski definition) is 0. The van der Waals surface area contributed by atoms with Gasteiger partial charge in [0.2, 0.25) is 0 Å². The fraction of sp³-hybridized carbons (Fsp3) is 0. The molecular formula is C10H5Cl4O4PS. The molecule has 0 amide bonds. The molecule has 0 atom stereocenters. The predicted octanol–water partition coefficient (Wildman–Crippen LogP) is 5.39. The summed E-state index contributed by atoms with van der Waals surface area (Å²) in [6.07, 6.45) is -4.03. The molecule has 0 radical (unpaired) electrons. The second-order valence-electron chi connectivity index (χ2n) is 3.67. The van der Waals surface area contributed by atoms with E-state index in [1.54, 1.807) is 18.2 Å². The number of rotatable bonds is 3. The molecule has 0 aliphatic rings. The van der Waals surface area contributed by atoms with Crippen LogP contribution in [-0.4, -0.2) is 8.42 Å². The van der Waals surface area contributed by atoms with Crippen LogP contribution in [0.25, 0.3) is 10.8 Å². The molecule has 0 N–H and O–H groups in total. The molecule has 2 aromatic carbocycles. The third kappa shape index (κ3) is 3.53. The van der Waals surface area contributed by atoms with Crippen molar-refractivity contribution in [2.24, 2.45) is 0 Å². The number of benzene rings is 2. The number of hydrogen-bond acceptors (Lipinski definition) is 4. The first-order chi connectivity index (χ1) is 9.09. The van der Waals surface area contributed by atoms with Crippen LogP contribution in [0.5, 0.6) is 5.75 Å². The van der Waals surface area contributed by atoms with Crippen molar-refractivity contribution < 1.29 is 17.5 Å². The Morgan fingerprint density at radius 1 is 1.10 bits per heavy atom. The van der Waals surface area contributed by atoms with E-state index in [4.69, 9.17) is 49.3 Å². The first-order valence-electron chi connectivity index (χ1n) is 4.94. The summed E-state index contributed by atoms with van der Waals surface area (Å²) in [4.78, 5) is -0.454. The molecule has 0 aromatic heterocycles. The van der Waals surface area contributed by atoms with Crippen molar-refractivity contribution in [1.29, 1.82) is 0 Å². The first-order valence-corrected chi connectivity index (χ1v) is 11.1. The van der Waals surface area contributed by atoms with Gasteiger partial charge in [0.15, 0.2) is 5.75 Å². The normalized spacial score (nSPS) is 12.6. The Hall–Kier alpha value is -0.160. The summed E-state index contributed by atoms with van der Waals surface area (Å²) < 4.78 is 39.5. The van der Waals surface area contributed by atoms with Gasteiger partial charge < -0.3 is 4.52 Å². The molecule has 0 aliphatic heterocycles. The zero-order valence-corrected chi connectivity index (χ0v) is 14.1. The average molecular weight is 394 g/mol. The quantitative estimate of drug-likeness (QED) is 0.518. The Labute approximate surface area is 134 Å². The van der Waals surface area contributed by atoms with E-state index in [0.717, 1.165) is 6.07 Å². The Morgan fingerprint density at radius 3 is 2.15 bits per heavy atom. The highest BCUT2D eigenvalue weighted by Gasteiger charge is 2.27. The standard InChI is InChI=1S/C10H5Cl4O4PS/c11-8-5-9(20(14,16)17)10(18-19(12,13)15)7-4-2-1-3-6(7)8/h1-5H. The lowest BCUT2D eigenvalue weighted by Gasteiger charge is -2.13. The number of fused-ring (bicyclic) bond motifs is 1. The average Bonchev–Trinajstić information content (AvgIpc) is 2.30. The predicted molar refractivity (Wildman–Crippen MR) is 81.9 cm³/mol. The van der Waals surface area contributed by atoms with Crippen LogP contribution in [0.2, 0.25) is 5.02 Å². The maximum Gasteiger partial charge on any atom is 0.428 e. The second-order valence-corrected chi connectivity index (χ2v) is 10.8. The first kappa shape index (κ1) is 16.2. The highest BCUT2D eigenvalue weighted by Crippen LogP contribution is 2.59. The smallest absolute Gasteiger partial charge is 0.420 e. The van der Waals surface area contributed by atoms with E-state index in [1.165, 1.54) is 6.07 Å². The van der Waals surface area contributed by atoms with Crippen LogP contribution in [0, 0.1) is 0 Å². The third-order valence-corrected chi connectivity index (χ3v) is 4.82. The van der Waals surface area contributed by atoms with Gasteiger partial charge in [0.05, 0.1) is 5.02 Å². The topological polar surface area (TPSA) is 60.4 Å². The van der Waals surface area contributed by atoms with Crippen LogP contribution in [-0.2, 0) is 13.6 Å². The van der Waals surface area contributed by atoms with Crippen molar-refractivity contribution in [3.8, 4) is 5.75 Å². The molecule has 0 spiro atoms. The lowest BCUT2D eigenvalue weighted by atomic mass is 10.1. The molecular weight excluding hydrogens is 389 g/mol. The lowest BCUT2D eigenvalue weighted by Crippen LogP contribution is -1.97. The van der Waals surface area contributed by atoms with Crippen molar-refractivity contribution in [3.63, 3.8) is 0 Å². The van der Waals surface area contributed by atoms with Crippen LogP contribution in [0.4, 0.5) is 0 Å². The van der Waals surface area contributed by atoms with Crippen molar-refractivity contribution in [2.45, 2.75) is 4.90 Å². The SMILES string of the molecule is O=P(Cl)(Cl)Oc1c(S(=O)(=O)Cl)cc(Cl)c2ccccc12. The molecule has 2 rings (SSSR count). The molecule has 0 fully saturated rings. The molecule has 0 unspecified atom stereocenters. The zero-order chi connectivity index (χ0) is 15.1. The molecule has 108 valence electrons. The van der Waals surface area contributed by atoms with E-state index >= 15 is 0 Å². The molecule has 4 nitrogen and oxygen atoms in total. The van der Waals surface area contributed by atoms with E-state index in [2.05, 4.69) is 0 Å². The Bertz CT molecular complexity index is 831. The van der Waals surface area contributed by atoms with E-state index in [0.29, 0.717) is 5.39 Å². The maximum absolute atomic E-state index is 11.6. The minimum Gasteiger partial charge on any atom is -0.420 e. The molecule has 0 heterocycles. The largest absolute Gasteiger partial charge is 0.428 e. The van der Waals surface area contributed by atoms with Gasteiger partial charge in [0, 0.05) is 43.9 Å². The molecule has 20 heavy (non-hydrogen) atoms. The summed E-state index contributed by atoms with van der Waals surface area (Å²) in [7, 11) is 1.13. The third-order valence-electron chi connectivity index (χ3n) is 2.37. The summed E-state index contributed by atoms with van der Waals surface area (Å²) >= 11 is 16.7.